The van der Waals surface area contributed by atoms with Gasteiger partial charge in [-0.25, -0.2) is 0 Å². The van der Waals surface area contributed by atoms with E-state index in [9.17, 15) is 14.4 Å². The highest BCUT2D eigenvalue weighted by Crippen LogP contribution is 2.14. The quantitative estimate of drug-likeness (QED) is 0.540. The SMILES string of the molecule is CC(=O)c1cccc(C=O)c1C(C)=O. The number of hydrogen-bond acceptors (Lipinski definition) is 3. The Balaban J connectivity index is 3.51. The first-order chi connectivity index (χ1) is 6.57. The van der Waals surface area contributed by atoms with E-state index in [1.54, 1.807) is 12.1 Å². The zero-order valence-corrected chi connectivity index (χ0v) is 8.03. The van der Waals surface area contributed by atoms with E-state index in [2.05, 4.69) is 0 Å². The minimum atomic E-state index is -0.266. The largest absolute Gasteiger partial charge is 0.298 e. The van der Waals surface area contributed by atoms with Gasteiger partial charge in [0.15, 0.2) is 17.9 Å². The highest BCUT2D eigenvalue weighted by molar-refractivity contribution is 6.11. The fourth-order valence-corrected chi connectivity index (χ4v) is 1.35. The molecule has 0 fully saturated rings. The number of Topliss-reactive ketones (excluding diaryl/α,β-unsaturated/α-hetero) is 2. The van der Waals surface area contributed by atoms with E-state index in [4.69, 9.17) is 0 Å². The van der Waals surface area contributed by atoms with Crippen molar-refractivity contribution in [1.29, 1.82) is 0 Å². The number of hydrogen-bond donors (Lipinski definition) is 0. The van der Waals surface area contributed by atoms with Crippen molar-refractivity contribution < 1.29 is 14.4 Å². The van der Waals surface area contributed by atoms with Crippen LogP contribution in [0, 0.1) is 0 Å². The molecule has 3 nitrogen and oxygen atoms in total. The summed E-state index contributed by atoms with van der Waals surface area (Å²) in [4.78, 5) is 33.1. The summed E-state index contributed by atoms with van der Waals surface area (Å²) in [6, 6.07) is 4.66. The smallest absolute Gasteiger partial charge is 0.161 e. The molecule has 0 aliphatic carbocycles. The third-order valence-electron chi connectivity index (χ3n) is 1.96. The number of rotatable bonds is 3. The van der Waals surface area contributed by atoms with Crippen LogP contribution in [0.3, 0.4) is 0 Å². The van der Waals surface area contributed by atoms with Crippen LogP contribution < -0.4 is 0 Å². The normalized spacial score (nSPS) is 9.57. The maximum absolute atomic E-state index is 11.2. The van der Waals surface area contributed by atoms with Crippen LogP contribution in [0.4, 0.5) is 0 Å². The van der Waals surface area contributed by atoms with E-state index in [-0.39, 0.29) is 22.7 Å². The standard InChI is InChI=1S/C11H10O3/c1-7(13)10-5-3-4-9(6-12)11(10)8(2)14/h3-6H,1-2H3. The van der Waals surface area contributed by atoms with E-state index in [1.807, 2.05) is 0 Å². The predicted octanol–water partition coefficient (Wildman–Crippen LogP) is 1.90. The van der Waals surface area contributed by atoms with Gasteiger partial charge in [0, 0.05) is 16.7 Å². The number of benzene rings is 1. The Morgan fingerprint density at radius 3 is 2.21 bits per heavy atom. The third-order valence-corrected chi connectivity index (χ3v) is 1.96. The lowest BCUT2D eigenvalue weighted by Crippen LogP contribution is -2.07. The average molecular weight is 190 g/mol. The first kappa shape index (κ1) is 10.3. The Morgan fingerprint density at radius 2 is 1.79 bits per heavy atom. The van der Waals surface area contributed by atoms with E-state index < -0.39 is 0 Å². The summed E-state index contributed by atoms with van der Waals surface area (Å²) in [5, 5.41) is 0. The molecule has 0 aromatic heterocycles. The van der Waals surface area contributed by atoms with Gasteiger partial charge in [0.2, 0.25) is 0 Å². The van der Waals surface area contributed by atoms with Gasteiger partial charge >= 0.3 is 0 Å². The van der Waals surface area contributed by atoms with E-state index in [0.717, 1.165) is 0 Å². The predicted molar refractivity (Wildman–Crippen MR) is 51.8 cm³/mol. The average Bonchev–Trinajstić information content (AvgIpc) is 2.16. The maximum atomic E-state index is 11.2. The molecule has 0 bridgehead atoms. The van der Waals surface area contributed by atoms with Crippen molar-refractivity contribution in [2.75, 3.05) is 0 Å². The van der Waals surface area contributed by atoms with Crippen molar-refractivity contribution in [3.63, 3.8) is 0 Å². The van der Waals surface area contributed by atoms with Crippen LogP contribution >= 0.6 is 0 Å². The second-order valence-corrected chi connectivity index (χ2v) is 3.00. The number of ketones is 2. The third kappa shape index (κ3) is 1.76. The molecule has 0 saturated carbocycles. The van der Waals surface area contributed by atoms with E-state index in [0.29, 0.717) is 11.8 Å². The summed E-state index contributed by atoms with van der Waals surface area (Å²) in [6.07, 6.45) is 0.586. The molecule has 0 saturated heterocycles. The minimum Gasteiger partial charge on any atom is -0.298 e. The molecule has 1 aromatic rings. The van der Waals surface area contributed by atoms with Gasteiger partial charge < -0.3 is 0 Å². The van der Waals surface area contributed by atoms with Crippen LogP contribution in [0.5, 0.6) is 0 Å². The lowest BCUT2D eigenvalue weighted by Gasteiger charge is -2.05. The highest BCUT2D eigenvalue weighted by Gasteiger charge is 2.14. The first-order valence-corrected chi connectivity index (χ1v) is 4.18. The number of carbonyl (C=O) groups excluding carboxylic acids is 3. The van der Waals surface area contributed by atoms with Crippen LogP contribution in [-0.4, -0.2) is 17.9 Å². The Morgan fingerprint density at radius 1 is 1.14 bits per heavy atom. The molecule has 3 heteroatoms. The Bertz CT molecular complexity index is 405. The zero-order valence-electron chi connectivity index (χ0n) is 8.03. The molecule has 0 heterocycles. The molecule has 0 spiro atoms. The van der Waals surface area contributed by atoms with Crippen LogP contribution in [0.25, 0.3) is 0 Å². The molecular formula is C11H10O3. The summed E-state index contributed by atoms with van der Waals surface area (Å²) in [5.74, 6) is -0.475. The van der Waals surface area contributed by atoms with Gasteiger partial charge in [-0.1, -0.05) is 18.2 Å². The first-order valence-electron chi connectivity index (χ1n) is 4.18. The van der Waals surface area contributed by atoms with Gasteiger partial charge in [0.1, 0.15) is 0 Å². The minimum absolute atomic E-state index is 0.209. The van der Waals surface area contributed by atoms with Crippen molar-refractivity contribution in [2.45, 2.75) is 13.8 Å². The molecule has 1 aromatic carbocycles. The molecule has 72 valence electrons. The highest BCUT2D eigenvalue weighted by atomic mass is 16.1. The van der Waals surface area contributed by atoms with Gasteiger partial charge in [-0.15, -0.1) is 0 Å². The summed E-state index contributed by atoms with van der Waals surface area (Å²) >= 11 is 0. The van der Waals surface area contributed by atoms with E-state index >= 15 is 0 Å². The van der Waals surface area contributed by atoms with Gasteiger partial charge in [0.05, 0.1) is 0 Å². The second-order valence-electron chi connectivity index (χ2n) is 3.00. The molecule has 0 amide bonds. The zero-order chi connectivity index (χ0) is 10.7. The molecule has 0 radical (unpaired) electrons. The Kier molecular flexibility index (Phi) is 2.92. The van der Waals surface area contributed by atoms with Gasteiger partial charge in [-0.05, 0) is 13.8 Å². The van der Waals surface area contributed by atoms with Crippen molar-refractivity contribution in [2.24, 2.45) is 0 Å². The number of aldehydes is 1. The number of carbonyl (C=O) groups is 3. The molecule has 0 atom stereocenters. The van der Waals surface area contributed by atoms with Gasteiger partial charge in [-0.2, -0.15) is 0 Å². The molecule has 1 rings (SSSR count). The lowest BCUT2D eigenvalue weighted by atomic mass is 9.96. The molecule has 0 unspecified atom stereocenters. The molecule has 14 heavy (non-hydrogen) atoms. The molecular weight excluding hydrogens is 180 g/mol. The van der Waals surface area contributed by atoms with Crippen LogP contribution in [0.15, 0.2) is 18.2 Å². The second kappa shape index (κ2) is 3.96. The fourth-order valence-electron chi connectivity index (χ4n) is 1.35. The lowest BCUT2D eigenvalue weighted by molar-refractivity contribution is 0.0977. The topological polar surface area (TPSA) is 51.2 Å². The van der Waals surface area contributed by atoms with E-state index in [1.165, 1.54) is 19.9 Å². The Hall–Kier alpha value is -1.77. The van der Waals surface area contributed by atoms with Gasteiger partial charge in [-0.3, -0.25) is 14.4 Å². The fraction of sp³-hybridized carbons (Fsp3) is 0.182. The van der Waals surface area contributed by atoms with Crippen molar-refractivity contribution in [3.05, 3.63) is 34.9 Å². The van der Waals surface area contributed by atoms with Crippen molar-refractivity contribution in [1.82, 2.24) is 0 Å². The molecule has 0 N–H and O–H groups in total. The van der Waals surface area contributed by atoms with Crippen LogP contribution in [0.2, 0.25) is 0 Å². The Labute approximate surface area is 81.7 Å². The van der Waals surface area contributed by atoms with Crippen molar-refractivity contribution >= 4 is 17.9 Å². The van der Waals surface area contributed by atoms with Crippen LogP contribution in [-0.2, 0) is 0 Å². The summed E-state index contributed by atoms with van der Waals surface area (Å²) < 4.78 is 0. The summed E-state index contributed by atoms with van der Waals surface area (Å²) in [7, 11) is 0. The van der Waals surface area contributed by atoms with Crippen LogP contribution in [0.1, 0.15) is 44.9 Å². The summed E-state index contributed by atoms with van der Waals surface area (Å²) in [5.41, 5.74) is 0.794. The molecule has 0 aliphatic rings. The maximum Gasteiger partial charge on any atom is 0.161 e. The molecule has 0 aliphatic heterocycles. The summed E-state index contributed by atoms with van der Waals surface area (Å²) in [6.45, 7) is 2.71. The monoisotopic (exact) mass is 190 g/mol. The van der Waals surface area contributed by atoms with Gasteiger partial charge in [0.25, 0.3) is 0 Å². The van der Waals surface area contributed by atoms with Crippen molar-refractivity contribution in [3.8, 4) is 0 Å².